The Morgan fingerprint density at radius 3 is 2.75 bits per heavy atom. The molecule has 0 aliphatic carbocycles. The molecule has 3 nitrogen and oxygen atoms in total. The van der Waals surface area contributed by atoms with Gasteiger partial charge < -0.3 is 10.3 Å². The fourth-order valence-electron chi connectivity index (χ4n) is 2.30. The fraction of sp³-hybridized carbons (Fsp3) is 0.462. The lowest BCUT2D eigenvalue weighted by molar-refractivity contribution is 0.373. The summed E-state index contributed by atoms with van der Waals surface area (Å²) in [6, 6.07) is 6.43. The molecule has 3 heteroatoms. The van der Waals surface area contributed by atoms with Gasteiger partial charge in [0.15, 0.2) is 0 Å². The van der Waals surface area contributed by atoms with Crippen molar-refractivity contribution >= 4 is 16.7 Å². The maximum atomic E-state index is 5.75. The lowest BCUT2D eigenvalue weighted by Crippen LogP contribution is -2.13. The Morgan fingerprint density at radius 2 is 2.12 bits per heavy atom. The summed E-state index contributed by atoms with van der Waals surface area (Å²) in [5.74, 6) is 0.611. The molecule has 16 heavy (non-hydrogen) atoms. The van der Waals surface area contributed by atoms with E-state index in [1.807, 2.05) is 18.5 Å². The van der Waals surface area contributed by atoms with Crippen LogP contribution in [0.5, 0.6) is 0 Å². The van der Waals surface area contributed by atoms with E-state index in [1.165, 1.54) is 5.52 Å². The molecule has 0 radical (unpaired) electrons. The molecule has 0 aliphatic rings. The highest BCUT2D eigenvalue weighted by Gasteiger charge is 2.15. The van der Waals surface area contributed by atoms with Crippen LogP contribution in [0.1, 0.15) is 33.2 Å². The first kappa shape index (κ1) is 11.0. The lowest BCUT2D eigenvalue weighted by atomic mass is 10.0. The van der Waals surface area contributed by atoms with Gasteiger partial charge in [-0.2, -0.15) is 0 Å². The summed E-state index contributed by atoms with van der Waals surface area (Å²) in [5.41, 5.74) is 8.69. The van der Waals surface area contributed by atoms with Gasteiger partial charge in [-0.05, 0) is 30.5 Å². The van der Waals surface area contributed by atoms with Gasteiger partial charge in [0.1, 0.15) is 0 Å². The minimum atomic E-state index is 0.508. The highest BCUT2D eigenvalue weighted by molar-refractivity contribution is 5.79. The van der Waals surface area contributed by atoms with Crippen molar-refractivity contribution in [1.82, 2.24) is 9.55 Å². The maximum Gasteiger partial charge on any atom is 0.0961 e. The molecule has 0 bridgehead atoms. The average molecular weight is 217 g/mol. The molecule has 1 unspecified atom stereocenters. The van der Waals surface area contributed by atoms with Gasteiger partial charge in [0.25, 0.3) is 0 Å². The second kappa shape index (κ2) is 4.16. The molecule has 2 rings (SSSR count). The van der Waals surface area contributed by atoms with E-state index in [4.69, 9.17) is 5.73 Å². The van der Waals surface area contributed by atoms with Crippen molar-refractivity contribution in [3.05, 3.63) is 24.5 Å². The smallest absolute Gasteiger partial charge is 0.0961 e. The molecule has 0 saturated heterocycles. The van der Waals surface area contributed by atoms with Gasteiger partial charge in [0, 0.05) is 11.7 Å². The molecule has 0 amide bonds. The SMILES string of the molecule is CCC(C(C)C)n1cnc2cc(N)ccc21. The van der Waals surface area contributed by atoms with Crippen molar-refractivity contribution < 1.29 is 0 Å². The van der Waals surface area contributed by atoms with Gasteiger partial charge in [-0.1, -0.05) is 20.8 Å². The van der Waals surface area contributed by atoms with Crippen molar-refractivity contribution in [2.75, 3.05) is 5.73 Å². The summed E-state index contributed by atoms with van der Waals surface area (Å²) in [4.78, 5) is 4.41. The van der Waals surface area contributed by atoms with Gasteiger partial charge in [0.05, 0.1) is 17.4 Å². The Bertz CT molecular complexity index is 485. The standard InChI is InChI=1S/C13H19N3/c1-4-12(9(2)3)16-8-15-11-7-10(14)5-6-13(11)16/h5-9,12H,4,14H2,1-3H3. The molecule has 0 spiro atoms. The molecule has 86 valence electrons. The largest absolute Gasteiger partial charge is 0.399 e. The van der Waals surface area contributed by atoms with E-state index in [0.29, 0.717) is 12.0 Å². The van der Waals surface area contributed by atoms with Crippen LogP contribution in [0.3, 0.4) is 0 Å². The van der Waals surface area contributed by atoms with Gasteiger partial charge in [0.2, 0.25) is 0 Å². The van der Waals surface area contributed by atoms with Gasteiger partial charge in [-0.25, -0.2) is 4.98 Å². The maximum absolute atomic E-state index is 5.75. The monoisotopic (exact) mass is 217 g/mol. The predicted octanol–water partition coefficient (Wildman–Crippen LogP) is 3.23. The Balaban J connectivity index is 2.52. The van der Waals surface area contributed by atoms with Crippen LogP contribution < -0.4 is 5.73 Å². The minimum absolute atomic E-state index is 0.508. The average Bonchev–Trinajstić information content (AvgIpc) is 2.62. The predicted molar refractivity (Wildman–Crippen MR) is 68.3 cm³/mol. The Morgan fingerprint density at radius 1 is 1.38 bits per heavy atom. The second-order valence-corrected chi connectivity index (χ2v) is 4.62. The first-order valence-corrected chi connectivity index (χ1v) is 5.85. The molecule has 1 atom stereocenters. The van der Waals surface area contributed by atoms with Crippen molar-refractivity contribution in [2.45, 2.75) is 33.2 Å². The van der Waals surface area contributed by atoms with Gasteiger partial charge in [-0.15, -0.1) is 0 Å². The fourth-order valence-corrected chi connectivity index (χ4v) is 2.30. The zero-order valence-electron chi connectivity index (χ0n) is 10.1. The van der Waals surface area contributed by atoms with Gasteiger partial charge in [-0.3, -0.25) is 0 Å². The van der Waals surface area contributed by atoms with E-state index in [9.17, 15) is 0 Å². The quantitative estimate of drug-likeness (QED) is 0.802. The minimum Gasteiger partial charge on any atom is -0.399 e. The molecular weight excluding hydrogens is 198 g/mol. The molecule has 0 fully saturated rings. The number of hydrogen-bond acceptors (Lipinski definition) is 2. The number of aromatic nitrogens is 2. The van der Waals surface area contributed by atoms with E-state index in [1.54, 1.807) is 0 Å². The number of anilines is 1. The zero-order valence-corrected chi connectivity index (χ0v) is 10.1. The Kier molecular flexibility index (Phi) is 2.86. The third-order valence-electron chi connectivity index (χ3n) is 3.14. The Labute approximate surface area is 96.3 Å². The topological polar surface area (TPSA) is 43.8 Å². The number of fused-ring (bicyclic) bond motifs is 1. The van der Waals surface area contributed by atoms with Crippen LogP contribution >= 0.6 is 0 Å². The third-order valence-corrected chi connectivity index (χ3v) is 3.14. The van der Waals surface area contributed by atoms with Crippen LogP contribution in [-0.4, -0.2) is 9.55 Å². The number of nitrogen functional groups attached to an aromatic ring is 1. The highest BCUT2D eigenvalue weighted by Crippen LogP contribution is 2.26. The molecule has 2 N–H and O–H groups in total. The number of hydrogen-bond donors (Lipinski definition) is 1. The van der Waals surface area contributed by atoms with Crippen LogP contribution in [0.4, 0.5) is 5.69 Å². The molecule has 1 aromatic heterocycles. The summed E-state index contributed by atoms with van der Waals surface area (Å²) in [6.45, 7) is 6.71. The number of nitrogens with two attached hydrogens (primary N) is 1. The summed E-state index contributed by atoms with van der Waals surface area (Å²) >= 11 is 0. The van der Waals surface area contributed by atoms with Crippen molar-refractivity contribution in [3.63, 3.8) is 0 Å². The number of rotatable bonds is 3. The van der Waals surface area contributed by atoms with E-state index >= 15 is 0 Å². The molecule has 1 heterocycles. The molecular formula is C13H19N3. The van der Waals surface area contributed by atoms with Crippen LogP contribution in [0.15, 0.2) is 24.5 Å². The van der Waals surface area contributed by atoms with E-state index < -0.39 is 0 Å². The van der Waals surface area contributed by atoms with E-state index in [-0.39, 0.29) is 0 Å². The van der Waals surface area contributed by atoms with Crippen LogP contribution in [0, 0.1) is 5.92 Å². The molecule has 0 saturated carbocycles. The summed E-state index contributed by atoms with van der Waals surface area (Å²) in [7, 11) is 0. The van der Waals surface area contributed by atoms with Crippen LogP contribution in [0.2, 0.25) is 0 Å². The van der Waals surface area contributed by atoms with Crippen LogP contribution in [0.25, 0.3) is 11.0 Å². The van der Waals surface area contributed by atoms with Crippen molar-refractivity contribution in [3.8, 4) is 0 Å². The van der Waals surface area contributed by atoms with E-state index in [0.717, 1.165) is 17.6 Å². The van der Waals surface area contributed by atoms with Gasteiger partial charge >= 0.3 is 0 Å². The first-order chi connectivity index (χ1) is 7.63. The molecule has 1 aromatic carbocycles. The second-order valence-electron chi connectivity index (χ2n) is 4.62. The lowest BCUT2D eigenvalue weighted by Gasteiger charge is -2.21. The normalized spacial score (nSPS) is 13.5. The molecule has 2 aromatic rings. The summed E-state index contributed by atoms with van der Waals surface area (Å²) in [5, 5.41) is 0. The third kappa shape index (κ3) is 1.77. The van der Waals surface area contributed by atoms with Crippen molar-refractivity contribution in [1.29, 1.82) is 0 Å². The zero-order chi connectivity index (χ0) is 11.7. The van der Waals surface area contributed by atoms with E-state index in [2.05, 4.69) is 36.4 Å². The molecule has 0 aliphatic heterocycles. The number of imidazole rings is 1. The van der Waals surface area contributed by atoms with Crippen molar-refractivity contribution in [2.24, 2.45) is 5.92 Å². The number of benzene rings is 1. The van der Waals surface area contributed by atoms with Crippen LogP contribution in [-0.2, 0) is 0 Å². The first-order valence-electron chi connectivity index (χ1n) is 5.85. The summed E-state index contributed by atoms with van der Waals surface area (Å²) in [6.07, 6.45) is 3.05. The Hall–Kier alpha value is -1.51. The number of nitrogens with zero attached hydrogens (tertiary/aromatic N) is 2. The summed E-state index contributed by atoms with van der Waals surface area (Å²) < 4.78 is 2.26. The highest BCUT2D eigenvalue weighted by atomic mass is 15.1.